The highest BCUT2D eigenvalue weighted by molar-refractivity contribution is 5.96. The van der Waals surface area contributed by atoms with E-state index in [1.807, 2.05) is 30.3 Å². The van der Waals surface area contributed by atoms with Gasteiger partial charge in [-0.3, -0.25) is 14.0 Å². The minimum atomic E-state index is -0.683. The molecule has 0 atom stereocenters. The summed E-state index contributed by atoms with van der Waals surface area (Å²) in [5, 5.41) is 12.4. The first-order valence-corrected chi connectivity index (χ1v) is 6.55. The highest BCUT2D eigenvalue weighted by Gasteiger charge is 2.19. The van der Waals surface area contributed by atoms with Crippen molar-refractivity contribution in [2.24, 2.45) is 0 Å². The van der Waals surface area contributed by atoms with Gasteiger partial charge < -0.3 is 10.4 Å². The van der Waals surface area contributed by atoms with E-state index in [4.69, 9.17) is 0 Å². The Bertz CT molecular complexity index is 890. The average Bonchev–Trinajstić information content (AvgIpc) is 2.54. The van der Waals surface area contributed by atoms with Crippen LogP contribution in [0.4, 0.5) is 0 Å². The Morgan fingerprint density at radius 3 is 2.77 bits per heavy atom. The summed E-state index contributed by atoms with van der Waals surface area (Å²) < 4.78 is 1.11. The summed E-state index contributed by atoms with van der Waals surface area (Å²) in [4.78, 5) is 32.0. The Kier molecular flexibility index (Phi) is 3.53. The van der Waals surface area contributed by atoms with Gasteiger partial charge in [-0.15, -0.1) is 0 Å². The molecule has 0 aliphatic heterocycles. The van der Waals surface area contributed by atoms with Crippen LogP contribution in [0.15, 0.2) is 53.6 Å². The number of benzene rings is 1. The molecule has 0 fully saturated rings. The topological polar surface area (TPSA) is 96.6 Å². The van der Waals surface area contributed by atoms with Crippen molar-refractivity contribution in [2.75, 3.05) is 0 Å². The van der Waals surface area contributed by atoms with Crippen LogP contribution in [-0.2, 0) is 6.54 Å². The van der Waals surface area contributed by atoms with Crippen molar-refractivity contribution in [3.05, 3.63) is 70.3 Å². The van der Waals surface area contributed by atoms with Gasteiger partial charge in [0.05, 0.1) is 0 Å². The van der Waals surface area contributed by atoms with E-state index in [0.29, 0.717) is 0 Å². The Morgan fingerprint density at radius 2 is 2.00 bits per heavy atom. The fourth-order valence-corrected chi connectivity index (χ4v) is 2.04. The van der Waals surface area contributed by atoms with Crippen molar-refractivity contribution in [1.29, 1.82) is 0 Å². The fourth-order valence-electron chi connectivity index (χ4n) is 2.04. The number of carbonyl (C=O) groups is 1. The fraction of sp³-hybridized carbons (Fsp3) is 0.0667. The number of aromatic nitrogens is 3. The van der Waals surface area contributed by atoms with Gasteiger partial charge in [0.15, 0.2) is 5.56 Å². The molecule has 3 rings (SSSR count). The Labute approximate surface area is 124 Å². The SMILES string of the molecule is O=C(NCc1ccccc1)c1c(O)nc2ncccn2c1=O. The van der Waals surface area contributed by atoms with Gasteiger partial charge in [-0.25, -0.2) is 4.98 Å². The zero-order valence-corrected chi connectivity index (χ0v) is 11.4. The number of nitrogens with one attached hydrogen (secondary N) is 1. The van der Waals surface area contributed by atoms with Gasteiger partial charge in [0.2, 0.25) is 11.7 Å². The van der Waals surface area contributed by atoms with Crippen molar-refractivity contribution >= 4 is 11.7 Å². The Hall–Kier alpha value is -3.22. The highest BCUT2D eigenvalue weighted by Crippen LogP contribution is 2.10. The van der Waals surface area contributed by atoms with Crippen LogP contribution in [0, 0.1) is 0 Å². The van der Waals surface area contributed by atoms with Crippen LogP contribution >= 0.6 is 0 Å². The zero-order chi connectivity index (χ0) is 15.5. The maximum absolute atomic E-state index is 12.3. The molecule has 1 aromatic carbocycles. The summed E-state index contributed by atoms with van der Waals surface area (Å²) in [6, 6.07) is 10.8. The maximum Gasteiger partial charge on any atom is 0.275 e. The standard InChI is InChI=1S/C15H12N4O3/c20-12(17-9-10-5-2-1-3-6-10)11-13(21)18-15-16-7-4-8-19(15)14(11)22/h1-8,21H,9H2,(H,17,20). The lowest BCUT2D eigenvalue weighted by Crippen LogP contribution is -2.31. The number of fused-ring (bicyclic) bond motifs is 1. The van der Waals surface area contributed by atoms with Crippen LogP contribution < -0.4 is 10.9 Å². The molecule has 0 unspecified atom stereocenters. The summed E-state index contributed by atoms with van der Waals surface area (Å²) >= 11 is 0. The summed E-state index contributed by atoms with van der Waals surface area (Å²) in [5.74, 6) is -1.28. The molecule has 7 nitrogen and oxygen atoms in total. The lowest BCUT2D eigenvalue weighted by molar-refractivity contribution is 0.0945. The molecule has 0 saturated carbocycles. The monoisotopic (exact) mass is 296 g/mol. The van der Waals surface area contributed by atoms with E-state index in [0.717, 1.165) is 9.96 Å². The first-order valence-electron chi connectivity index (χ1n) is 6.55. The highest BCUT2D eigenvalue weighted by atomic mass is 16.3. The third-order valence-corrected chi connectivity index (χ3v) is 3.11. The first-order chi connectivity index (χ1) is 10.7. The van der Waals surface area contributed by atoms with E-state index < -0.39 is 22.9 Å². The summed E-state index contributed by atoms with van der Waals surface area (Å²) in [5.41, 5.74) is -0.187. The minimum Gasteiger partial charge on any atom is -0.492 e. The van der Waals surface area contributed by atoms with Crippen LogP contribution in [0.5, 0.6) is 5.88 Å². The number of aromatic hydroxyl groups is 1. The third-order valence-electron chi connectivity index (χ3n) is 3.11. The zero-order valence-electron chi connectivity index (χ0n) is 11.4. The molecule has 3 aromatic rings. The molecule has 0 spiro atoms. The predicted octanol–water partition coefficient (Wildman–Crippen LogP) is 0.725. The normalized spacial score (nSPS) is 10.5. The molecule has 2 aromatic heterocycles. The number of amides is 1. The molecule has 0 radical (unpaired) electrons. The molecule has 110 valence electrons. The predicted molar refractivity (Wildman–Crippen MR) is 78.5 cm³/mol. The quantitative estimate of drug-likeness (QED) is 0.742. The van der Waals surface area contributed by atoms with Crippen LogP contribution in [0.2, 0.25) is 0 Å². The van der Waals surface area contributed by atoms with E-state index in [1.165, 1.54) is 12.4 Å². The smallest absolute Gasteiger partial charge is 0.275 e. The second-order valence-corrected chi connectivity index (χ2v) is 4.57. The van der Waals surface area contributed by atoms with E-state index in [9.17, 15) is 14.7 Å². The van der Waals surface area contributed by atoms with Crippen LogP contribution in [0.1, 0.15) is 15.9 Å². The first kappa shape index (κ1) is 13.7. The molecular weight excluding hydrogens is 284 g/mol. The van der Waals surface area contributed by atoms with Gasteiger partial charge in [-0.05, 0) is 11.6 Å². The second kappa shape index (κ2) is 5.65. The lowest BCUT2D eigenvalue weighted by atomic mass is 10.2. The van der Waals surface area contributed by atoms with Gasteiger partial charge >= 0.3 is 0 Å². The number of carbonyl (C=O) groups excluding carboxylic acids is 1. The van der Waals surface area contributed by atoms with Crippen molar-refractivity contribution in [3.8, 4) is 5.88 Å². The van der Waals surface area contributed by atoms with Gasteiger partial charge in [-0.1, -0.05) is 30.3 Å². The molecule has 2 N–H and O–H groups in total. The molecule has 0 bridgehead atoms. The minimum absolute atomic E-state index is 0.0320. The van der Waals surface area contributed by atoms with Crippen molar-refractivity contribution in [1.82, 2.24) is 19.7 Å². The third kappa shape index (κ3) is 2.51. The van der Waals surface area contributed by atoms with Gasteiger partial charge in [0, 0.05) is 18.9 Å². The number of hydrogen-bond acceptors (Lipinski definition) is 5. The van der Waals surface area contributed by atoms with E-state index in [2.05, 4.69) is 15.3 Å². The van der Waals surface area contributed by atoms with E-state index in [-0.39, 0.29) is 12.3 Å². The van der Waals surface area contributed by atoms with E-state index in [1.54, 1.807) is 6.07 Å². The van der Waals surface area contributed by atoms with Crippen LogP contribution in [0.25, 0.3) is 5.78 Å². The Morgan fingerprint density at radius 1 is 1.23 bits per heavy atom. The molecule has 7 heteroatoms. The lowest BCUT2D eigenvalue weighted by Gasteiger charge is -2.07. The average molecular weight is 296 g/mol. The molecule has 0 saturated heterocycles. The van der Waals surface area contributed by atoms with Crippen LogP contribution in [0.3, 0.4) is 0 Å². The Balaban J connectivity index is 1.92. The number of nitrogens with zero attached hydrogens (tertiary/aromatic N) is 3. The van der Waals surface area contributed by atoms with Crippen molar-refractivity contribution in [3.63, 3.8) is 0 Å². The number of rotatable bonds is 3. The van der Waals surface area contributed by atoms with Gasteiger partial charge in [-0.2, -0.15) is 4.98 Å². The second-order valence-electron chi connectivity index (χ2n) is 4.57. The molecule has 0 aliphatic carbocycles. The molecule has 1 amide bonds. The van der Waals surface area contributed by atoms with Crippen molar-refractivity contribution < 1.29 is 9.90 Å². The van der Waals surface area contributed by atoms with Gasteiger partial charge in [0.1, 0.15) is 0 Å². The summed E-state index contributed by atoms with van der Waals surface area (Å²) in [7, 11) is 0. The summed E-state index contributed by atoms with van der Waals surface area (Å²) in [6.07, 6.45) is 2.88. The van der Waals surface area contributed by atoms with Gasteiger partial charge in [0.25, 0.3) is 11.5 Å². The van der Waals surface area contributed by atoms with E-state index >= 15 is 0 Å². The molecule has 22 heavy (non-hydrogen) atoms. The molecular formula is C15H12N4O3. The van der Waals surface area contributed by atoms with Crippen LogP contribution in [-0.4, -0.2) is 25.4 Å². The van der Waals surface area contributed by atoms with Crippen molar-refractivity contribution in [2.45, 2.75) is 6.54 Å². The largest absolute Gasteiger partial charge is 0.492 e. The molecule has 2 heterocycles. The maximum atomic E-state index is 12.3. The summed E-state index contributed by atoms with van der Waals surface area (Å²) in [6.45, 7) is 0.244. The molecule has 0 aliphatic rings. The number of hydrogen-bond donors (Lipinski definition) is 2.